The van der Waals surface area contributed by atoms with Crippen LogP contribution in [0.3, 0.4) is 0 Å². The first-order chi connectivity index (χ1) is 22.0. The summed E-state index contributed by atoms with van der Waals surface area (Å²) in [5.74, 6) is -3.02. The van der Waals surface area contributed by atoms with E-state index in [0.717, 1.165) is 42.4 Å². The van der Waals surface area contributed by atoms with E-state index in [1.54, 1.807) is 36.6 Å². The maximum atomic E-state index is 12.3. The topological polar surface area (TPSA) is 165 Å². The number of imidazole rings is 1. The second kappa shape index (κ2) is 14.0. The number of carbonyl (C=O) groups is 4. The van der Waals surface area contributed by atoms with Crippen LogP contribution in [0.2, 0.25) is 0 Å². The van der Waals surface area contributed by atoms with Crippen molar-refractivity contribution in [1.29, 1.82) is 0 Å². The number of benzene rings is 2. The van der Waals surface area contributed by atoms with Gasteiger partial charge in [0.25, 0.3) is 0 Å². The lowest BCUT2D eigenvalue weighted by Gasteiger charge is -2.44. The molecule has 1 aromatic heterocycles. The molecular weight excluding hydrogens is 618 g/mol. The van der Waals surface area contributed by atoms with Crippen molar-refractivity contribution < 1.29 is 48.0 Å². The SMILES string of the molecule is CC(=O)OC[C@H]1O[C@@H](Sc2nc(/C=C3/C=Nc4ccccc43)c(O)n2-c2ccccc2)[C@H](OC(C)=O)[C@@H](OC(C)=O)[C@H]1OC(C)=O. The molecule has 0 amide bonds. The van der Waals surface area contributed by atoms with Gasteiger partial charge in [-0.15, -0.1) is 0 Å². The lowest BCUT2D eigenvalue weighted by Crippen LogP contribution is -2.61. The number of allylic oxidation sites excluding steroid dienone is 1. The van der Waals surface area contributed by atoms with Gasteiger partial charge < -0.3 is 28.8 Å². The van der Waals surface area contributed by atoms with Crippen LogP contribution in [0.25, 0.3) is 17.3 Å². The van der Waals surface area contributed by atoms with Gasteiger partial charge in [0.05, 0.1) is 11.4 Å². The van der Waals surface area contributed by atoms with Gasteiger partial charge >= 0.3 is 23.9 Å². The molecule has 5 atom stereocenters. The summed E-state index contributed by atoms with van der Waals surface area (Å²) in [4.78, 5) is 57.5. The maximum Gasteiger partial charge on any atom is 0.303 e. The molecule has 2 aromatic carbocycles. The summed E-state index contributed by atoms with van der Waals surface area (Å²) in [7, 11) is 0. The van der Waals surface area contributed by atoms with Crippen molar-refractivity contribution in [1.82, 2.24) is 9.55 Å². The average molecular weight is 650 g/mol. The zero-order chi connectivity index (χ0) is 33.0. The Hall–Kier alpha value is -4.95. The molecule has 1 N–H and O–H groups in total. The Morgan fingerprint density at radius 2 is 1.50 bits per heavy atom. The fourth-order valence-electron chi connectivity index (χ4n) is 5.08. The molecule has 0 aliphatic carbocycles. The molecule has 14 heteroatoms. The number of hydrogen-bond acceptors (Lipinski definition) is 13. The van der Waals surface area contributed by atoms with Crippen molar-refractivity contribution in [2.24, 2.45) is 4.99 Å². The molecule has 1 fully saturated rings. The highest BCUT2D eigenvalue weighted by molar-refractivity contribution is 7.99. The Labute approximate surface area is 268 Å². The number of para-hydroxylation sites is 2. The number of esters is 4. The van der Waals surface area contributed by atoms with Crippen molar-refractivity contribution in [2.45, 2.75) is 62.7 Å². The van der Waals surface area contributed by atoms with E-state index in [1.165, 1.54) is 18.4 Å². The molecule has 0 saturated carbocycles. The Kier molecular flexibility index (Phi) is 9.87. The highest BCUT2D eigenvalue weighted by Crippen LogP contribution is 2.41. The van der Waals surface area contributed by atoms with Crippen LogP contribution in [0.1, 0.15) is 39.0 Å². The fraction of sp³-hybridized carbons (Fsp3) is 0.312. The lowest BCUT2D eigenvalue weighted by molar-refractivity contribution is -0.237. The molecule has 0 unspecified atom stereocenters. The zero-order valence-corrected chi connectivity index (χ0v) is 26.1. The lowest BCUT2D eigenvalue weighted by atomic mass is 9.99. The smallest absolute Gasteiger partial charge is 0.303 e. The molecule has 13 nitrogen and oxygen atoms in total. The molecule has 3 aromatic rings. The minimum absolute atomic E-state index is 0.190. The van der Waals surface area contributed by atoms with Crippen LogP contribution in [0.15, 0.2) is 64.7 Å². The molecule has 2 aliphatic rings. The quantitative estimate of drug-likeness (QED) is 0.262. The Bertz CT molecular complexity index is 1700. The minimum atomic E-state index is -1.35. The number of aromatic nitrogens is 2. The van der Waals surface area contributed by atoms with Crippen LogP contribution in [0, 0.1) is 0 Å². The number of carbonyl (C=O) groups excluding carboxylic acids is 4. The van der Waals surface area contributed by atoms with Crippen molar-refractivity contribution >= 4 is 59.2 Å². The van der Waals surface area contributed by atoms with Crippen LogP contribution in [-0.2, 0) is 42.9 Å². The van der Waals surface area contributed by atoms with E-state index in [4.69, 9.17) is 28.7 Å². The Morgan fingerprint density at radius 3 is 2.17 bits per heavy atom. The third-order valence-electron chi connectivity index (χ3n) is 6.88. The standard InChI is InChI=1S/C32H31N3O10S/c1-17(36)41-16-26-27(42-18(2)37)28(43-19(3)38)29(44-20(4)39)31(45-26)46-32-34-25(30(40)35(32)22-10-6-5-7-11-22)14-21-15-33-24-13-9-8-12-23(21)24/h5-15,26-29,31,40H,16H2,1-4H3/b21-14-/t26-,27+,28+,29-,31+/m1/s1. The van der Waals surface area contributed by atoms with Crippen molar-refractivity contribution in [2.75, 3.05) is 6.61 Å². The number of rotatable bonds is 9. The van der Waals surface area contributed by atoms with E-state index < -0.39 is 53.7 Å². The maximum absolute atomic E-state index is 12.3. The molecule has 0 radical (unpaired) electrons. The van der Waals surface area contributed by atoms with Crippen molar-refractivity contribution in [3.8, 4) is 11.6 Å². The summed E-state index contributed by atoms with van der Waals surface area (Å²) >= 11 is 0.962. The van der Waals surface area contributed by atoms with Gasteiger partial charge in [0, 0.05) is 45.0 Å². The molecule has 5 rings (SSSR count). The second-order valence-corrected chi connectivity index (χ2v) is 11.4. The van der Waals surface area contributed by atoms with Gasteiger partial charge in [-0.05, 0) is 24.3 Å². The van der Waals surface area contributed by atoms with E-state index in [0.29, 0.717) is 5.69 Å². The molecule has 240 valence electrons. The first-order valence-corrected chi connectivity index (χ1v) is 15.1. The predicted molar refractivity (Wildman–Crippen MR) is 166 cm³/mol. The van der Waals surface area contributed by atoms with Crippen LogP contribution in [0.5, 0.6) is 5.88 Å². The van der Waals surface area contributed by atoms with Gasteiger partial charge in [-0.25, -0.2) is 4.98 Å². The first kappa shape index (κ1) is 32.4. The van der Waals surface area contributed by atoms with E-state index in [1.807, 2.05) is 30.3 Å². The normalized spacial score (nSPS) is 22.6. The number of thioether (sulfide) groups is 1. The highest BCUT2D eigenvalue weighted by atomic mass is 32.2. The monoisotopic (exact) mass is 649 g/mol. The summed E-state index contributed by atoms with van der Waals surface area (Å²) < 4.78 is 29.6. The zero-order valence-electron chi connectivity index (χ0n) is 25.3. The first-order valence-electron chi connectivity index (χ1n) is 14.2. The molecular formula is C32H31N3O10S. The molecule has 3 heterocycles. The summed E-state index contributed by atoms with van der Waals surface area (Å²) in [5.41, 5.74) is 2.00. The van der Waals surface area contributed by atoms with Gasteiger partial charge in [-0.2, -0.15) is 0 Å². The van der Waals surface area contributed by atoms with Crippen LogP contribution < -0.4 is 0 Å². The second-order valence-electron chi connectivity index (χ2n) is 10.3. The molecule has 0 bridgehead atoms. The van der Waals surface area contributed by atoms with Gasteiger partial charge in [0.15, 0.2) is 28.9 Å². The van der Waals surface area contributed by atoms with Gasteiger partial charge in [0.1, 0.15) is 18.4 Å². The van der Waals surface area contributed by atoms with E-state index >= 15 is 0 Å². The average Bonchev–Trinajstić information content (AvgIpc) is 3.55. The number of hydrogen-bond donors (Lipinski definition) is 1. The van der Waals surface area contributed by atoms with Crippen LogP contribution in [0.4, 0.5) is 5.69 Å². The summed E-state index contributed by atoms with van der Waals surface area (Å²) in [6.07, 6.45) is -1.73. The summed E-state index contributed by atoms with van der Waals surface area (Å²) in [6.45, 7) is 4.30. The third-order valence-corrected chi connectivity index (χ3v) is 7.98. The molecule has 46 heavy (non-hydrogen) atoms. The number of aliphatic imine (C=N–C) groups is 1. The van der Waals surface area contributed by atoms with Crippen molar-refractivity contribution in [3.63, 3.8) is 0 Å². The minimum Gasteiger partial charge on any atom is -0.493 e. The number of fused-ring (bicyclic) bond motifs is 1. The van der Waals surface area contributed by atoms with Gasteiger partial charge in [-0.1, -0.05) is 48.2 Å². The largest absolute Gasteiger partial charge is 0.493 e. The third kappa shape index (κ3) is 7.29. The fourth-order valence-corrected chi connectivity index (χ4v) is 6.28. The number of ether oxygens (including phenoxy) is 5. The summed E-state index contributed by atoms with van der Waals surface area (Å²) in [6, 6.07) is 16.5. The van der Waals surface area contributed by atoms with E-state index in [-0.39, 0.29) is 23.3 Å². The van der Waals surface area contributed by atoms with E-state index in [2.05, 4.69) is 4.99 Å². The van der Waals surface area contributed by atoms with Crippen LogP contribution in [-0.4, -0.2) is 81.2 Å². The molecule has 0 spiro atoms. The Morgan fingerprint density at radius 1 is 0.870 bits per heavy atom. The van der Waals surface area contributed by atoms with Gasteiger partial charge in [-0.3, -0.25) is 28.7 Å². The highest BCUT2D eigenvalue weighted by Gasteiger charge is 2.53. The number of aromatic hydroxyl groups is 1. The van der Waals surface area contributed by atoms with Gasteiger partial charge in [0.2, 0.25) is 5.88 Å². The molecule has 2 aliphatic heterocycles. The summed E-state index contributed by atoms with van der Waals surface area (Å²) in [5, 5.41) is 11.7. The predicted octanol–water partition coefficient (Wildman–Crippen LogP) is 4.01. The Balaban J connectivity index is 1.60. The number of nitrogens with zero attached hydrogens (tertiary/aromatic N) is 3. The van der Waals surface area contributed by atoms with E-state index in [9.17, 15) is 24.3 Å². The molecule has 1 saturated heterocycles. The van der Waals surface area contributed by atoms with Crippen LogP contribution >= 0.6 is 11.8 Å². The van der Waals surface area contributed by atoms with Crippen molar-refractivity contribution in [3.05, 3.63) is 65.9 Å².